The third-order valence-electron chi connectivity index (χ3n) is 5.23. The van der Waals surface area contributed by atoms with Crippen molar-refractivity contribution in [3.8, 4) is 11.5 Å². The second-order valence-corrected chi connectivity index (χ2v) is 7.56. The Labute approximate surface area is 185 Å². The zero-order valence-corrected chi connectivity index (χ0v) is 18.1. The minimum Gasteiger partial charge on any atom is -0.494 e. The van der Waals surface area contributed by atoms with Crippen LogP contribution in [-0.4, -0.2) is 22.4 Å². The molecule has 1 unspecified atom stereocenters. The highest BCUT2D eigenvalue weighted by Gasteiger charge is 2.14. The number of aromatic nitrogens is 2. The summed E-state index contributed by atoms with van der Waals surface area (Å²) in [5.41, 5.74) is 3.87. The van der Waals surface area contributed by atoms with Gasteiger partial charge in [0.15, 0.2) is 11.6 Å². The first-order valence-corrected chi connectivity index (χ1v) is 10.2. The fourth-order valence-electron chi connectivity index (χ4n) is 3.47. The normalized spacial score (nSPS) is 11.9. The molecule has 2 heterocycles. The minimum absolute atomic E-state index is 0.165. The van der Waals surface area contributed by atoms with E-state index in [1.807, 2.05) is 35.9 Å². The summed E-state index contributed by atoms with van der Waals surface area (Å²) in [5.74, 6) is -0.0152. The van der Waals surface area contributed by atoms with Crippen molar-refractivity contribution < 1.29 is 18.7 Å². The van der Waals surface area contributed by atoms with Gasteiger partial charge in [-0.3, -0.25) is 4.79 Å². The number of nitrogens with one attached hydrogen (secondary N) is 1. The van der Waals surface area contributed by atoms with Gasteiger partial charge < -0.3 is 19.2 Å². The average molecular weight is 433 g/mol. The maximum absolute atomic E-state index is 14.0. The monoisotopic (exact) mass is 433 g/mol. The van der Waals surface area contributed by atoms with Crippen molar-refractivity contribution in [2.45, 2.75) is 26.5 Å². The third kappa shape index (κ3) is 4.56. The van der Waals surface area contributed by atoms with Crippen LogP contribution in [-0.2, 0) is 6.61 Å². The zero-order chi connectivity index (χ0) is 22.7. The summed E-state index contributed by atoms with van der Waals surface area (Å²) >= 11 is 0. The van der Waals surface area contributed by atoms with Gasteiger partial charge in [-0.2, -0.15) is 0 Å². The first-order chi connectivity index (χ1) is 15.4. The molecule has 1 N–H and O–H groups in total. The summed E-state index contributed by atoms with van der Waals surface area (Å²) in [5, 5.41) is 2.88. The molecule has 1 atom stereocenters. The van der Waals surface area contributed by atoms with E-state index in [-0.39, 0.29) is 24.3 Å². The quantitative estimate of drug-likeness (QED) is 0.452. The number of hydrogen-bond acceptors (Lipinski definition) is 4. The zero-order valence-electron chi connectivity index (χ0n) is 18.1. The van der Waals surface area contributed by atoms with Gasteiger partial charge in [0.1, 0.15) is 18.0 Å². The number of methoxy groups -OCH3 is 1. The number of pyridine rings is 1. The molecule has 4 aromatic rings. The summed E-state index contributed by atoms with van der Waals surface area (Å²) < 4.78 is 26.7. The van der Waals surface area contributed by atoms with Crippen LogP contribution in [0.4, 0.5) is 4.39 Å². The summed E-state index contributed by atoms with van der Waals surface area (Å²) in [4.78, 5) is 17.3. The van der Waals surface area contributed by atoms with Gasteiger partial charge in [0, 0.05) is 18.0 Å². The van der Waals surface area contributed by atoms with E-state index in [0.717, 1.165) is 16.9 Å². The Hall–Kier alpha value is -3.87. The summed E-state index contributed by atoms with van der Waals surface area (Å²) in [6.07, 6.45) is 3.87. The maximum atomic E-state index is 14.0. The molecule has 2 aromatic heterocycles. The molecular weight excluding hydrogens is 409 g/mol. The van der Waals surface area contributed by atoms with Crippen LogP contribution in [0.1, 0.15) is 40.1 Å². The molecule has 0 aliphatic carbocycles. The number of nitrogens with zero attached hydrogens (tertiary/aromatic N) is 2. The topological polar surface area (TPSA) is 64.9 Å². The summed E-state index contributed by atoms with van der Waals surface area (Å²) in [6, 6.07) is 15.2. The molecule has 6 nitrogen and oxygen atoms in total. The van der Waals surface area contributed by atoms with Crippen molar-refractivity contribution >= 4 is 11.6 Å². The molecule has 32 heavy (non-hydrogen) atoms. The van der Waals surface area contributed by atoms with E-state index in [2.05, 4.69) is 10.3 Å². The van der Waals surface area contributed by atoms with E-state index in [4.69, 9.17) is 9.47 Å². The molecule has 0 saturated heterocycles. The second-order valence-electron chi connectivity index (χ2n) is 7.56. The lowest BCUT2D eigenvalue weighted by Crippen LogP contribution is -2.26. The number of amides is 1. The van der Waals surface area contributed by atoms with Crippen LogP contribution in [0.5, 0.6) is 11.5 Å². The van der Waals surface area contributed by atoms with E-state index < -0.39 is 5.82 Å². The molecule has 0 aliphatic rings. The summed E-state index contributed by atoms with van der Waals surface area (Å²) in [6.45, 7) is 4.09. The van der Waals surface area contributed by atoms with Crippen molar-refractivity contribution in [3.63, 3.8) is 0 Å². The van der Waals surface area contributed by atoms with Crippen molar-refractivity contribution in [1.29, 1.82) is 0 Å². The smallest absolute Gasteiger partial charge is 0.251 e. The Bertz CT molecular complexity index is 1270. The van der Waals surface area contributed by atoms with Gasteiger partial charge in [-0.25, -0.2) is 9.37 Å². The number of carbonyl (C=O) groups is 1. The lowest BCUT2D eigenvalue weighted by Gasteiger charge is -2.15. The molecule has 0 spiro atoms. The number of rotatable bonds is 7. The molecule has 164 valence electrons. The Kier molecular flexibility index (Phi) is 6.07. The first-order valence-electron chi connectivity index (χ1n) is 10.2. The van der Waals surface area contributed by atoms with Gasteiger partial charge in [-0.1, -0.05) is 18.2 Å². The Morgan fingerprint density at radius 1 is 1.19 bits per heavy atom. The van der Waals surface area contributed by atoms with Crippen LogP contribution in [0.2, 0.25) is 0 Å². The SMILES string of the molecule is COc1ccc(C(C)NC(=O)c2cccc(OCc3cn4cccc(C)c4n3)c2)cc1F. The molecule has 2 aromatic carbocycles. The Balaban J connectivity index is 1.41. The Morgan fingerprint density at radius 2 is 2.03 bits per heavy atom. The van der Waals surface area contributed by atoms with Gasteiger partial charge in [0.05, 0.1) is 18.8 Å². The predicted molar refractivity (Wildman–Crippen MR) is 120 cm³/mol. The van der Waals surface area contributed by atoms with Gasteiger partial charge in [0.25, 0.3) is 5.91 Å². The lowest BCUT2D eigenvalue weighted by atomic mass is 10.1. The predicted octanol–water partition coefficient (Wildman–Crippen LogP) is 4.86. The van der Waals surface area contributed by atoms with E-state index in [1.54, 1.807) is 43.3 Å². The van der Waals surface area contributed by atoms with Gasteiger partial charge in [0.2, 0.25) is 0 Å². The fourth-order valence-corrected chi connectivity index (χ4v) is 3.47. The molecule has 0 bridgehead atoms. The van der Waals surface area contributed by atoms with Gasteiger partial charge >= 0.3 is 0 Å². The maximum Gasteiger partial charge on any atom is 0.251 e. The van der Waals surface area contributed by atoms with E-state index in [0.29, 0.717) is 16.9 Å². The van der Waals surface area contributed by atoms with Crippen LogP contribution in [0, 0.1) is 12.7 Å². The molecule has 0 saturated carbocycles. The fraction of sp³-hybridized carbons (Fsp3) is 0.200. The van der Waals surface area contributed by atoms with Crippen LogP contribution in [0.25, 0.3) is 5.65 Å². The number of imidazole rings is 1. The molecule has 0 radical (unpaired) electrons. The standard InChI is InChI=1S/C25H24FN3O3/c1-16-6-5-11-29-14-20(28-24(16)29)15-32-21-8-4-7-19(12-21)25(30)27-17(2)18-9-10-23(31-3)22(26)13-18/h4-14,17H,15H2,1-3H3,(H,27,30). The molecule has 0 aliphatic heterocycles. The largest absolute Gasteiger partial charge is 0.494 e. The van der Waals surface area contributed by atoms with Crippen molar-refractivity contribution in [2.75, 3.05) is 7.11 Å². The van der Waals surface area contributed by atoms with Crippen molar-refractivity contribution in [2.24, 2.45) is 0 Å². The number of hydrogen-bond donors (Lipinski definition) is 1. The highest BCUT2D eigenvalue weighted by molar-refractivity contribution is 5.94. The molecule has 7 heteroatoms. The molecular formula is C25H24FN3O3. The minimum atomic E-state index is -0.469. The average Bonchev–Trinajstić information content (AvgIpc) is 3.22. The van der Waals surface area contributed by atoms with Crippen LogP contribution in [0.15, 0.2) is 67.0 Å². The van der Waals surface area contributed by atoms with Gasteiger partial charge in [-0.05, 0) is 61.4 Å². The number of ether oxygens (including phenoxy) is 2. The van der Waals surface area contributed by atoms with E-state index in [9.17, 15) is 9.18 Å². The summed E-state index contributed by atoms with van der Waals surface area (Å²) in [7, 11) is 1.41. The molecule has 4 rings (SSSR count). The number of benzene rings is 2. The Morgan fingerprint density at radius 3 is 2.78 bits per heavy atom. The van der Waals surface area contributed by atoms with E-state index in [1.165, 1.54) is 13.2 Å². The number of fused-ring (bicyclic) bond motifs is 1. The van der Waals surface area contributed by atoms with Crippen LogP contribution >= 0.6 is 0 Å². The van der Waals surface area contributed by atoms with Crippen molar-refractivity contribution in [1.82, 2.24) is 14.7 Å². The van der Waals surface area contributed by atoms with Crippen LogP contribution in [0.3, 0.4) is 0 Å². The second kappa shape index (κ2) is 9.09. The highest BCUT2D eigenvalue weighted by Crippen LogP contribution is 2.22. The van der Waals surface area contributed by atoms with E-state index >= 15 is 0 Å². The number of aryl methyl sites for hydroxylation is 1. The third-order valence-corrected chi connectivity index (χ3v) is 5.23. The molecule has 0 fully saturated rings. The number of halogens is 1. The first kappa shape index (κ1) is 21.4. The highest BCUT2D eigenvalue weighted by atomic mass is 19.1. The lowest BCUT2D eigenvalue weighted by molar-refractivity contribution is 0.0939. The van der Waals surface area contributed by atoms with Crippen LogP contribution < -0.4 is 14.8 Å². The number of carbonyl (C=O) groups excluding carboxylic acids is 1. The van der Waals surface area contributed by atoms with Gasteiger partial charge in [-0.15, -0.1) is 0 Å². The van der Waals surface area contributed by atoms with Crippen molar-refractivity contribution in [3.05, 3.63) is 95.2 Å². The molecule has 1 amide bonds.